The second-order valence-corrected chi connectivity index (χ2v) is 7.04. The zero-order valence-electron chi connectivity index (χ0n) is 14.6. The number of nitrogens with one attached hydrogen (secondary N) is 2. The Kier molecular flexibility index (Phi) is 3.63. The molecule has 5 rings (SSSR count). The highest BCUT2D eigenvalue weighted by molar-refractivity contribution is 5.92. The number of carbonyl (C=O) groups excluding carboxylic acids is 1. The van der Waals surface area contributed by atoms with Gasteiger partial charge in [-0.1, -0.05) is 0 Å². The Morgan fingerprint density at radius 2 is 2.04 bits per heavy atom. The lowest BCUT2D eigenvalue weighted by molar-refractivity contribution is 0.0725. The first-order chi connectivity index (χ1) is 13.2. The zero-order chi connectivity index (χ0) is 18.4. The predicted octanol–water partition coefficient (Wildman–Crippen LogP) is 1.63. The second kappa shape index (κ2) is 6.15. The number of aromatic amines is 2. The van der Waals surface area contributed by atoms with Crippen LogP contribution in [0.25, 0.3) is 11.4 Å². The minimum absolute atomic E-state index is 0.128. The van der Waals surface area contributed by atoms with Crippen molar-refractivity contribution in [3.63, 3.8) is 0 Å². The van der Waals surface area contributed by atoms with Crippen molar-refractivity contribution in [1.29, 1.82) is 0 Å². The molecule has 4 heterocycles. The number of H-pyrrole nitrogens is 2. The Balaban J connectivity index is 1.43. The van der Waals surface area contributed by atoms with Crippen LogP contribution in [0.3, 0.4) is 0 Å². The van der Waals surface area contributed by atoms with Gasteiger partial charge in [0.25, 0.3) is 11.5 Å². The van der Waals surface area contributed by atoms with Crippen LogP contribution in [0.4, 0.5) is 0 Å². The molecule has 1 aliphatic heterocycles. The fourth-order valence-electron chi connectivity index (χ4n) is 3.47. The molecule has 1 aliphatic carbocycles. The Labute approximate surface area is 154 Å². The van der Waals surface area contributed by atoms with Crippen LogP contribution in [-0.4, -0.2) is 42.5 Å². The molecule has 27 heavy (non-hydrogen) atoms. The summed E-state index contributed by atoms with van der Waals surface area (Å²) in [7, 11) is 0. The van der Waals surface area contributed by atoms with E-state index in [1.165, 1.54) is 0 Å². The van der Waals surface area contributed by atoms with E-state index in [1.807, 2.05) is 6.07 Å². The molecule has 0 bridgehead atoms. The maximum Gasteiger partial charge on any atom is 0.274 e. The lowest BCUT2D eigenvalue weighted by Gasteiger charge is -2.27. The Bertz CT molecular complexity index is 1070. The van der Waals surface area contributed by atoms with Gasteiger partial charge >= 0.3 is 0 Å². The fourth-order valence-corrected chi connectivity index (χ4v) is 3.47. The molecule has 0 aromatic carbocycles. The minimum Gasteiger partial charge on any atom is -0.331 e. The van der Waals surface area contributed by atoms with Crippen molar-refractivity contribution < 1.29 is 4.79 Å². The molecule has 0 radical (unpaired) electrons. The highest BCUT2D eigenvalue weighted by Gasteiger charge is 2.29. The second-order valence-electron chi connectivity index (χ2n) is 7.04. The number of amides is 1. The van der Waals surface area contributed by atoms with E-state index in [-0.39, 0.29) is 11.5 Å². The number of carbonyl (C=O) groups is 1. The van der Waals surface area contributed by atoms with Crippen LogP contribution >= 0.6 is 0 Å². The van der Waals surface area contributed by atoms with Gasteiger partial charge in [-0.05, 0) is 37.5 Å². The summed E-state index contributed by atoms with van der Waals surface area (Å²) < 4.78 is 0. The van der Waals surface area contributed by atoms with Gasteiger partial charge in [0, 0.05) is 41.7 Å². The summed E-state index contributed by atoms with van der Waals surface area (Å²) >= 11 is 0. The molecule has 0 saturated heterocycles. The molecule has 1 fully saturated rings. The van der Waals surface area contributed by atoms with Crippen molar-refractivity contribution in [3.8, 4) is 11.4 Å². The van der Waals surface area contributed by atoms with Gasteiger partial charge in [-0.2, -0.15) is 5.10 Å². The Hall–Kier alpha value is -3.29. The molecule has 8 heteroatoms. The van der Waals surface area contributed by atoms with Crippen molar-refractivity contribution in [2.45, 2.75) is 31.7 Å². The van der Waals surface area contributed by atoms with Gasteiger partial charge < -0.3 is 9.88 Å². The maximum absolute atomic E-state index is 12.8. The highest BCUT2D eigenvalue weighted by atomic mass is 16.2. The molecule has 0 spiro atoms. The molecule has 0 atom stereocenters. The number of aromatic nitrogens is 5. The van der Waals surface area contributed by atoms with E-state index in [0.29, 0.717) is 48.2 Å². The monoisotopic (exact) mass is 362 g/mol. The SMILES string of the molecule is O=C(c1cc(C2CC2)[nH]n1)N1CCc2c(nc(-c3ccncc3)[nH]c2=O)C1. The van der Waals surface area contributed by atoms with Gasteiger partial charge in [0.05, 0.1) is 12.2 Å². The van der Waals surface area contributed by atoms with Gasteiger partial charge in [0.1, 0.15) is 11.5 Å². The maximum atomic E-state index is 12.8. The van der Waals surface area contributed by atoms with Crippen LogP contribution < -0.4 is 5.56 Å². The minimum atomic E-state index is -0.144. The van der Waals surface area contributed by atoms with E-state index < -0.39 is 0 Å². The highest BCUT2D eigenvalue weighted by Crippen LogP contribution is 2.39. The predicted molar refractivity (Wildman–Crippen MR) is 97.1 cm³/mol. The number of hydrogen-bond acceptors (Lipinski definition) is 5. The molecule has 136 valence electrons. The average Bonchev–Trinajstić information content (AvgIpc) is 3.44. The van der Waals surface area contributed by atoms with Crippen LogP contribution in [0.15, 0.2) is 35.4 Å². The number of nitrogens with zero attached hydrogens (tertiary/aromatic N) is 4. The van der Waals surface area contributed by atoms with Crippen molar-refractivity contribution >= 4 is 5.91 Å². The number of pyridine rings is 1. The molecule has 8 nitrogen and oxygen atoms in total. The fraction of sp³-hybridized carbons (Fsp3) is 0.316. The summed E-state index contributed by atoms with van der Waals surface area (Å²) in [5.41, 5.74) is 3.40. The molecule has 2 aliphatic rings. The van der Waals surface area contributed by atoms with Crippen LogP contribution in [0.5, 0.6) is 0 Å². The third kappa shape index (κ3) is 2.92. The molecule has 2 N–H and O–H groups in total. The molecular weight excluding hydrogens is 344 g/mol. The topological polar surface area (TPSA) is 108 Å². The summed E-state index contributed by atoms with van der Waals surface area (Å²) in [5.74, 6) is 0.881. The third-order valence-electron chi connectivity index (χ3n) is 5.15. The van der Waals surface area contributed by atoms with Gasteiger partial charge in [-0.3, -0.25) is 19.7 Å². The first kappa shape index (κ1) is 15.9. The normalized spacial score (nSPS) is 16.2. The smallest absolute Gasteiger partial charge is 0.274 e. The van der Waals surface area contributed by atoms with E-state index in [1.54, 1.807) is 29.4 Å². The van der Waals surface area contributed by atoms with Gasteiger partial charge in [-0.15, -0.1) is 0 Å². The Morgan fingerprint density at radius 1 is 1.22 bits per heavy atom. The summed E-state index contributed by atoms with van der Waals surface area (Å²) in [6, 6.07) is 5.43. The van der Waals surface area contributed by atoms with Crippen molar-refractivity contribution in [3.05, 3.63) is 63.6 Å². The first-order valence-corrected chi connectivity index (χ1v) is 9.06. The van der Waals surface area contributed by atoms with E-state index in [2.05, 4.69) is 25.1 Å². The average molecular weight is 362 g/mol. The van der Waals surface area contributed by atoms with Crippen molar-refractivity contribution in [2.24, 2.45) is 0 Å². The van der Waals surface area contributed by atoms with Crippen molar-refractivity contribution in [2.75, 3.05) is 6.54 Å². The molecule has 3 aromatic rings. The van der Waals surface area contributed by atoms with E-state index >= 15 is 0 Å². The van der Waals surface area contributed by atoms with Crippen LogP contribution in [0.2, 0.25) is 0 Å². The van der Waals surface area contributed by atoms with Crippen LogP contribution in [-0.2, 0) is 13.0 Å². The van der Waals surface area contributed by atoms with Gasteiger partial charge in [0.15, 0.2) is 0 Å². The third-order valence-corrected chi connectivity index (χ3v) is 5.15. The summed E-state index contributed by atoms with van der Waals surface area (Å²) in [4.78, 5) is 38.4. The molecule has 0 unspecified atom stereocenters. The number of fused-ring (bicyclic) bond motifs is 1. The van der Waals surface area contributed by atoms with Crippen molar-refractivity contribution in [1.82, 2.24) is 30.0 Å². The Morgan fingerprint density at radius 3 is 2.81 bits per heavy atom. The molecule has 3 aromatic heterocycles. The lowest BCUT2D eigenvalue weighted by Crippen LogP contribution is -2.39. The van der Waals surface area contributed by atoms with Crippen LogP contribution in [0, 0.1) is 0 Å². The van der Waals surface area contributed by atoms with E-state index in [9.17, 15) is 9.59 Å². The van der Waals surface area contributed by atoms with E-state index in [4.69, 9.17) is 0 Å². The van der Waals surface area contributed by atoms with Gasteiger partial charge in [0.2, 0.25) is 0 Å². The van der Waals surface area contributed by atoms with Crippen LogP contribution in [0.1, 0.15) is 46.2 Å². The van der Waals surface area contributed by atoms with Gasteiger partial charge in [-0.25, -0.2) is 4.98 Å². The standard InChI is InChI=1S/C19H18N6O2/c26-18-13-5-8-25(19(27)15-9-14(23-24-15)11-1-2-11)10-16(13)21-17(22-18)12-3-6-20-7-4-12/h3-4,6-7,9,11H,1-2,5,8,10H2,(H,23,24)(H,21,22,26). The first-order valence-electron chi connectivity index (χ1n) is 9.06. The lowest BCUT2D eigenvalue weighted by atomic mass is 10.1. The number of rotatable bonds is 3. The largest absolute Gasteiger partial charge is 0.331 e. The molecule has 1 saturated carbocycles. The molecule has 1 amide bonds. The molecular formula is C19H18N6O2. The zero-order valence-corrected chi connectivity index (χ0v) is 14.6. The summed E-state index contributed by atoms with van der Waals surface area (Å²) in [6.45, 7) is 0.790. The summed E-state index contributed by atoms with van der Waals surface area (Å²) in [6.07, 6.45) is 6.09. The summed E-state index contributed by atoms with van der Waals surface area (Å²) in [5, 5.41) is 7.15. The van der Waals surface area contributed by atoms with E-state index in [0.717, 1.165) is 24.1 Å². The quantitative estimate of drug-likeness (QED) is 0.736. The number of hydrogen-bond donors (Lipinski definition) is 2.